The van der Waals surface area contributed by atoms with E-state index in [2.05, 4.69) is 28.9 Å². The third kappa shape index (κ3) is 5.13. The highest BCUT2D eigenvalue weighted by Gasteiger charge is 2.20. The summed E-state index contributed by atoms with van der Waals surface area (Å²) >= 11 is 6.08. The number of anilines is 1. The highest BCUT2D eigenvalue weighted by atomic mass is 35.5. The molecule has 140 valence electrons. The Morgan fingerprint density at radius 1 is 1.08 bits per heavy atom. The molecule has 0 unspecified atom stereocenters. The zero-order chi connectivity index (χ0) is 18.5. The van der Waals surface area contributed by atoms with Gasteiger partial charge in [-0.05, 0) is 43.7 Å². The van der Waals surface area contributed by atoms with Gasteiger partial charge in [0, 0.05) is 43.4 Å². The molecule has 0 aliphatic carbocycles. The maximum atomic E-state index is 10.3. The summed E-state index contributed by atoms with van der Waals surface area (Å²) in [5.41, 5.74) is 3.48. The lowest BCUT2D eigenvalue weighted by molar-refractivity contribution is 0.0661. The van der Waals surface area contributed by atoms with Crippen LogP contribution in [-0.2, 0) is 0 Å². The number of benzene rings is 2. The zero-order valence-electron chi connectivity index (χ0n) is 15.5. The first-order chi connectivity index (χ1) is 12.5. The maximum Gasteiger partial charge on any atom is 0.122 e. The fourth-order valence-electron chi connectivity index (χ4n) is 3.36. The predicted octanol–water partition coefficient (Wildman–Crippen LogP) is 3.52. The lowest BCUT2D eigenvalue weighted by atomic mass is 10.1. The molecule has 1 fully saturated rings. The van der Waals surface area contributed by atoms with Crippen molar-refractivity contribution in [3.8, 4) is 5.75 Å². The van der Waals surface area contributed by atoms with Gasteiger partial charge in [-0.2, -0.15) is 0 Å². The van der Waals surface area contributed by atoms with Crippen molar-refractivity contribution in [2.45, 2.75) is 20.0 Å². The minimum absolute atomic E-state index is 0.318. The minimum atomic E-state index is -0.492. The van der Waals surface area contributed by atoms with Crippen LogP contribution in [0.5, 0.6) is 5.75 Å². The Labute approximate surface area is 160 Å². The molecule has 1 aliphatic heterocycles. The van der Waals surface area contributed by atoms with Gasteiger partial charge in [-0.15, -0.1) is 0 Å². The van der Waals surface area contributed by atoms with Crippen LogP contribution in [0.2, 0.25) is 5.02 Å². The highest BCUT2D eigenvalue weighted by Crippen LogP contribution is 2.21. The van der Waals surface area contributed by atoms with E-state index in [1.165, 1.54) is 5.56 Å². The second kappa shape index (κ2) is 8.76. The molecule has 1 heterocycles. The van der Waals surface area contributed by atoms with Crippen molar-refractivity contribution >= 4 is 17.3 Å². The van der Waals surface area contributed by atoms with Gasteiger partial charge in [0.15, 0.2) is 0 Å². The van der Waals surface area contributed by atoms with Gasteiger partial charge >= 0.3 is 0 Å². The molecule has 0 bridgehead atoms. The molecule has 0 spiro atoms. The van der Waals surface area contributed by atoms with Crippen LogP contribution in [0.25, 0.3) is 0 Å². The summed E-state index contributed by atoms with van der Waals surface area (Å²) in [4.78, 5) is 4.62. The van der Waals surface area contributed by atoms with Gasteiger partial charge in [-0.25, -0.2) is 0 Å². The zero-order valence-corrected chi connectivity index (χ0v) is 16.2. The number of aryl methyl sites for hydroxylation is 2. The van der Waals surface area contributed by atoms with Gasteiger partial charge < -0.3 is 14.7 Å². The van der Waals surface area contributed by atoms with E-state index in [9.17, 15) is 5.11 Å². The van der Waals surface area contributed by atoms with E-state index in [4.69, 9.17) is 16.3 Å². The number of aliphatic hydroxyl groups excluding tert-OH is 1. The summed E-state index contributed by atoms with van der Waals surface area (Å²) in [7, 11) is 0. The van der Waals surface area contributed by atoms with Crippen molar-refractivity contribution in [2.75, 3.05) is 44.2 Å². The summed E-state index contributed by atoms with van der Waals surface area (Å²) in [5, 5.41) is 11.1. The Morgan fingerprint density at radius 2 is 1.85 bits per heavy atom. The Hall–Kier alpha value is -1.75. The number of piperazine rings is 1. The molecule has 1 atom stereocenters. The predicted molar refractivity (Wildman–Crippen MR) is 108 cm³/mol. The van der Waals surface area contributed by atoms with Crippen LogP contribution in [0.1, 0.15) is 11.1 Å². The van der Waals surface area contributed by atoms with Gasteiger partial charge in [0.2, 0.25) is 0 Å². The van der Waals surface area contributed by atoms with E-state index in [-0.39, 0.29) is 0 Å². The number of halogens is 1. The van der Waals surface area contributed by atoms with Crippen LogP contribution >= 0.6 is 11.6 Å². The van der Waals surface area contributed by atoms with Crippen LogP contribution in [-0.4, -0.2) is 55.4 Å². The molecule has 1 saturated heterocycles. The first-order valence-electron chi connectivity index (χ1n) is 9.12. The van der Waals surface area contributed by atoms with E-state index in [1.54, 1.807) is 0 Å². The van der Waals surface area contributed by atoms with E-state index in [1.807, 2.05) is 37.3 Å². The molecule has 0 saturated carbocycles. The van der Waals surface area contributed by atoms with Crippen LogP contribution in [0.3, 0.4) is 0 Å². The van der Waals surface area contributed by atoms with Crippen molar-refractivity contribution in [3.05, 3.63) is 58.6 Å². The molecule has 2 aromatic rings. The first-order valence-corrected chi connectivity index (χ1v) is 9.50. The SMILES string of the molecule is Cc1ccc(OC[C@H](O)CN2CCN(c3cccc(Cl)c3)CC2)c(C)c1. The molecular formula is C21H27ClN2O2. The normalized spacial score (nSPS) is 16.5. The van der Waals surface area contributed by atoms with E-state index in [0.717, 1.165) is 48.2 Å². The fraction of sp³-hybridized carbons (Fsp3) is 0.429. The number of β-amino-alcohol motifs (C(OH)–C–C–N with tert-alkyl or cyclic N) is 1. The van der Waals surface area contributed by atoms with Crippen LogP contribution < -0.4 is 9.64 Å². The Kier molecular flexibility index (Phi) is 6.41. The van der Waals surface area contributed by atoms with Crippen LogP contribution in [0.4, 0.5) is 5.69 Å². The monoisotopic (exact) mass is 374 g/mol. The first kappa shape index (κ1) is 19.0. The molecule has 3 rings (SSSR count). The van der Waals surface area contributed by atoms with Gasteiger partial charge in [0.1, 0.15) is 18.5 Å². The quantitative estimate of drug-likeness (QED) is 0.839. The summed E-state index contributed by atoms with van der Waals surface area (Å²) in [6, 6.07) is 14.1. The minimum Gasteiger partial charge on any atom is -0.491 e. The van der Waals surface area contributed by atoms with Crippen LogP contribution in [0, 0.1) is 13.8 Å². The smallest absolute Gasteiger partial charge is 0.122 e. The average Bonchev–Trinajstić information content (AvgIpc) is 2.61. The number of hydrogen-bond acceptors (Lipinski definition) is 4. The lowest BCUT2D eigenvalue weighted by Crippen LogP contribution is -2.49. The Bertz CT molecular complexity index is 730. The third-order valence-corrected chi connectivity index (χ3v) is 5.01. The maximum absolute atomic E-state index is 10.3. The molecule has 0 radical (unpaired) electrons. The third-order valence-electron chi connectivity index (χ3n) is 4.78. The summed E-state index contributed by atoms with van der Waals surface area (Å²) in [6.45, 7) is 8.77. The molecule has 1 aliphatic rings. The molecule has 0 amide bonds. The number of ether oxygens (including phenoxy) is 1. The number of nitrogens with zero attached hydrogens (tertiary/aromatic N) is 2. The molecule has 0 aromatic heterocycles. The van der Waals surface area contributed by atoms with Crippen molar-refractivity contribution in [3.63, 3.8) is 0 Å². The summed E-state index contributed by atoms with van der Waals surface area (Å²) < 4.78 is 5.80. The van der Waals surface area contributed by atoms with E-state index < -0.39 is 6.10 Å². The highest BCUT2D eigenvalue weighted by molar-refractivity contribution is 6.30. The molecule has 2 aromatic carbocycles. The molecule has 26 heavy (non-hydrogen) atoms. The number of aliphatic hydroxyl groups is 1. The number of hydrogen-bond donors (Lipinski definition) is 1. The van der Waals surface area contributed by atoms with Gasteiger partial charge in [-0.3, -0.25) is 4.90 Å². The standard InChI is InChI=1S/C21H27ClN2O2/c1-16-6-7-21(17(2)12-16)26-15-20(25)14-23-8-10-24(11-9-23)19-5-3-4-18(22)13-19/h3-7,12-13,20,25H,8-11,14-15H2,1-2H3/t20-/m1/s1. The summed E-state index contributed by atoms with van der Waals surface area (Å²) in [6.07, 6.45) is -0.492. The van der Waals surface area contributed by atoms with E-state index >= 15 is 0 Å². The second-order valence-corrected chi connectivity index (χ2v) is 7.44. The summed E-state index contributed by atoms with van der Waals surface area (Å²) in [5.74, 6) is 0.848. The largest absolute Gasteiger partial charge is 0.491 e. The van der Waals surface area contributed by atoms with Crippen molar-refractivity contribution in [1.29, 1.82) is 0 Å². The van der Waals surface area contributed by atoms with Crippen LogP contribution in [0.15, 0.2) is 42.5 Å². The average molecular weight is 375 g/mol. The second-order valence-electron chi connectivity index (χ2n) is 7.00. The topological polar surface area (TPSA) is 35.9 Å². The Balaban J connectivity index is 1.44. The molecule has 1 N–H and O–H groups in total. The van der Waals surface area contributed by atoms with Crippen molar-refractivity contribution in [2.24, 2.45) is 0 Å². The van der Waals surface area contributed by atoms with Crippen molar-refractivity contribution in [1.82, 2.24) is 4.90 Å². The molecule has 4 nitrogen and oxygen atoms in total. The van der Waals surface area contributed by atoms with Crippen molar-refractivity contribution < 1.29 is 9.84 Å². The lowest BCUT2D eigenvalue weighted by Gasteiger charge is -2.36. The fourth-order valence-corrected chi connectivity index (χ4v) is 3.54. The van der Waals surface area contributed by atoms with Gasteiger partial charge in [0.05, 0.1) is 0 Å². The Morgan fingerprint density at radius 3 is 2.54 bits per heavy atom. The molecular weight excluding hydrogens is 348 g/mol. The number of rotatable bonds is 6. The molecule has 5 heteroatoms. The van der Waals surface area contributed by atoms with Gasteiger partial charge in [0.25, 0.3) is 0 Å². The van der Waals surface area contributed by atoms with E-state index in [0.29, 0.717) is 13.2 Å². The van der Waals surface area contributed by atoms with Gasteiger partial charge in [-0.1, -0.05) is 35.4 Å².